The molecule has 0 atom stereocenters. The normalized spacial score (nSPS) is 11.6. The quantitative estimate of drug-likeness (QED) is 0.284. The lowest BCUT2D eigenvalue weighted by Gasteiger charge is -2.22. The van der Waals surface area contributed by atoms with Crippen molar-refractivity contribution in [3.8, 4) is 0 Å². The third kappa shape index (κ3) is 6.34. The van der Waals surface area contributed by atoms with E-state index >= 15 is 0 Å². The number of aliphatic hydroxyl groups is 2. The fraction of sp³-hybridized carbons (Fsp3) is 0.500. The number of nitrogens with zero attached hydrogens (tertiary/aromatic N) is 5. The Kier molecular flexibility index (Phi) is 8.87. The number of benzene rings is 1. The molecule has 5 N–H and O–H groups in total. The van der Waals surface area contributed by atoms with Gasteiger partial charge < -0.3 is 26.2 Å². The van der Waals surface area contributed by atoms with Gasteiger partial charge in [-0.1, -0.05) is 25.5 Å². The fourth-order valence-corrected chi connectivity index (χ4v) is 3.64. The molecule has 33 heavy (non-hydrogen) atoms. The largest absolute Gasteiger partial charge is 0.395 e. The first kappa shape index (κ1) is 24.7. The van der Waals surface area contributed by atoms with Gasteiger partial charge in [0.25, 0.3) is 6.43 Å². The van der Waals surface area contributed by atoms with Crippen LogP contribution in [0.5, 0.6) is 0 Å². The van der Waals surface area contributed by atoms with Crippen molar-refractivity contribution in [2.75, 3.05) is 43.5 Å². The Morgan fingerprint density at radius 3 is 2.70 bits per heavy atom. The maximum atomic E-state index is 13.8. The van der Waals surface area contributed by atoms with E-state index in [-0.39, 0.29) is 31.3 Å². The Balaban J connectivity index is 1.92. The predicted molar refractivity (Wildman–Crippen MR) is 123 cm³/mol. The highest BCUT2D eigenvalue weighted by molar-refractivity contribution is 5.86. The maximum absolute atomic E-state index is 13.8. The molecular weight excluding hydrogens is 432 g/mol. The van der Waals surface area contributed by atoms with Gasteiger partial charge in [0.15, 0.2) is 11.3 Å². The first-order valence-corrected chi connectivity index (χ1v) is 11.0. The van der Waals surface area contributed by atoms with Gasteiger partial charge >= 0.3 is 0 Å². The lowest BCUT2D eigenvalue weighted by Crippen LogP contribution is -2.29. The zero-order chi connectivity index (χ0) is 23.8. The fourth-order valence-electron chi connectivity index (χ4n) is 3.64. The van der Waals surface area contributed by atoms with E-state index in [4.69, 9.17) is 10.8 Å². The number of fused-ring (bicyclic) bond motifs is 1. The molecule has 0 fully saturated rings. The van der Waals surface area contributed by atoms with E-state index < -0.39 is 6.43 Å². The SMILES string of the molecule is CCCCN(CCO)c1nc(N)nc2cn(Cc3ccc(CNCCO)cc3C(F)F)nc12. The summed E-state index contributed by atoms with van der Waals surface area (Å²) in [6.45, 7) is 3.98. The highest BCUT2D eigenvalue weighted by Gasteiger charge is 2.19. The van der Waals surface area contributed by atoms with Crippen LogP contribution in [0.1, 0.15) is 42.9 Å². The van der Waals surface area contributed by atoms with E-state index in [0.29, 0.717) is 54.2 Å². The van der Waals surface area contributed by atoms with Gasteiger partial charge in [0.2, 0.25) is 5.95 Å². The molecule has 3 rings (SSSR count). The molecule has 0 radical (unpaired) electrons. The summed E-state index contributed by atoms with van der Waals surface area (Å²) in [5.41, 5.74) is 8.04. The van der Waals surface area contributed by atoms with Gasteiger partial charge in [0.05, 0.1) is 26.0 Å². The zero-order valence-corrected chi connectivity index (χ0v) is 18.7. The Hall–Kier alpha value is -2.89. The lowest BCUT2D eigenvalue weighted by molar-refractivity contribution is 0.150. The van der Waals surface area contributed by atoms with E-state index in [2.05, 4.69) is 27.3 Å². The summed E-state index contributed by atoms with van der Waals surface area (Å²) in [7, 11) is 0. The molecule has 1 aromatic carbocycles. The van der Waals surface area contributed by atoms with Crippen LogP contribution >= 0.6 is 0 Å². The van der Waals surface area contributed by atoms with Crippen molar-refractivity contribution in [2.45, 2.75) is 39.3 Å². The lowest BCUT2D eigenvalue weighted by atomic mass is 10.0. The average Bonchev–Trinajstić information content (AvgIpc) is 3.19. The van der Waals surface area contributed by atoms with E-state index in [1.165, 1.54) is 6.07 Å². The molecule has 0 saturated carbocycles. The monoisotopic (exact) mass is 463 g/mol. The number of alkyl halides is 2. The summed E-state index contributed by atoms with van der Waals surface area (Å²) in [5, 5.41) is 25.9. The number of halogens is 2. The molecule has 0 aliphatic heterocycles. The number of nitrogens with one attached hydrogen (secondary N) is 1. The highest BCUT2D eigenvalue weighted by atomic mass is 19.3. The van der Waals surface area contributed by atoms with Crippen LogP contribution in [-0.2, 0) is 13.1 Å². The van der Waals surface area contributed by atoms with Crippen molar-refractivity contribution < 1.29 is 19.0 Å². The molecule has 0 spiro atoms. The Bertz CT molecular complexity index is 1050. The minimum atomic E-state index is -2.64. The molecule has 0 aliphatic rings. The van der Waals surface area contributed by atoms with Gasteiger partial charge in [-0.2, -0.15) is 10.1 Å². The second-order valence-electron chi connectivity index (χ2n) is 7.76. The number of rotatable bonds is 13. The molecule has 180 valence electrons. The van der Waals surface area contributed by atoms with Gasteiger partial charge in [-0.05, 0) is 23.6 Å². The first-order chi connectivity index (χ1) is 16.0. The summed E-state index contributed by atoms with van der Waals surface area (Å²) >= 11 is 0. The number of unbranched alkanes of at least 4 members (excludes halogenated alkanes) is 1. The van der Waals surface area contributed by atoms with Crippen molar-refractivity contribution in [1.82, 2.24) is 25.1 Å². The smallest absolute Gasteiger partial charge is 0.264 e. The van der Waals surface area contributed by atoms with Crippen molar-refractivity contribution in [3.63, 3.8) is 0 Å². The third-order valence-electron chi connectivity index (χ3n) is 5.26. The van der Waals surface area contributed by atoms with Gasteiger partial charge in [-0.25, -0.2) is 13.8 Å². The standard InChI is InChI=1S/C22H31F2N7O2/c1-2-3-7-30(8-10-33)21-19-18(27-22(25)28-21)14-31(29-19)13-16-5-4-15(12-26-6-9-32)11-17(16)20(23)24/h4-5,11,14,20,26,32-33H,2-3,6-10,12-13H2,1H3,(H2,25,27). The van der Waals surface area contributed by atoms with Gasteiger partial charge in [0.1, 0.15) is 5.52 Å². The van der Waals surface area contributed by atoms with Crippen LogP contribution in [0.25, 0.3) is 11.0 Å². The summed E-state index contributed by atoms with van der Waals surface area (Å²) in [4.78, 5) is 10.5. The zero-order valence-electron chi connectivity index (χ0n) is 18.7. The van der Waals surface area contributed by atoms with Crippen LogP contribution in [-0.4, -0.2) is 62.8 Å². The number of hydrogen-bond acceptors (Lipinski definition) is 8. The number of anilines is 2. The highest BCUT2D eigenvalue weighted by Crippen LogP contribution is 2.27. The molecule has 0 aliphatic carbocycles. The van der Waals surface area contributed by atoms with Gasteiger partial charge in [-0.3, -0.25) is 4.68 Å². The summed E-state index contributed by atoms with van der Waals surface area (Å²) in [6.07, 6.45) is 0.911. The maximum Gasteiger partial charge on any atom is 0.264 e. The number of nitrogen functional groups attached to an aromatic ring is 1. The van der Waals surface area contributed by atoms with Crippen molar-refractivity contribution in [3.05, 3.63) is 41.1 Å². The van der Waals surface area contributed by atoms with Gasteiger partial charge in [-0.15, -0.1) is 0 Å². The van der Waals surface area contributed by atoms with Crippen molar-refractivity contribution >= 4 is 22.8 Å². The molecule has 11 heteroatoms. The first-order valence-electron chi connectivity index (χ1n) is 11.0. The van der Waals surface area contributed by atoms with Crippen LogP contribution in [0.4, 0.5) is 20.5 Å². The number of nitrogens with two attached hydrogens (primary N) is 1. The van der Waals surface area contributed by atoms with Gasteiger partial charge in [0, 0.05) is 31.7 Å². The van der Waals surface area contributed by atoms with E-state index in [9.17, 15) is 13.9 Å². The average molecular weight is 464 g/mol. The molecule has 2 aromatic heterocycles. The summed E-state index contributed by atoms with van der Waals surface area (Å²) in [5.74, 6) is 0.614. The van der Waals surface area contributed by atoms with Crippen molar-refractivity contribution in [2.24, 2.45) is 0 Å². The number of hydrogen-bond donors (Lipinski definition) is 4. The Labute approximate surface area is 191 Å². The Morgan fingerprint density at radius 1 is 1.18 bits per heavy atom. The second-order valence-corrected chi connectivity index (χ2v) is 7.76. The molecular formula is C22H31F2N7O2. The number of aromatic nitrogens is 4. The second kappa shape index (κ2) is 11.8. The van der Waals surface area contributed by atoms with E-state index in [0.717, 1.165) is 12.8 Å². The third-order valence-corrected chi connectivity index (χ3v) is 5.26. The van der Waals surface area contributed by atoms with Crippen LogP contribution in [0.15, 0.2) is 24.4 Å². The predicted octanol–water partition coefficient (Wildman–Crippen LogP) is 2.08. The van der Waals surface area contributed by atoms with Crippen LogP contribution in [0.3, 0.4) is 0 Å². The van der Waals surface area contributed by atoms with Crippen LogP contribution < -0.4 is 16.0 Å². The van der Waals surface area contributed by atoms with Crippen LogP contribution in [0, 0.1) is 0 Å². The molecule has 0 amide bonds. The molecule has 9 nitrogen and oxygen atoms in total. The molecule has 0 saturated heterocycles. The molecule has 3 aromatic rings. The summed E-state index contributed by atoms with van der Waals surface area (Å²) < 4.78 is 29.1. The van der Waals surface area contributed by atoms with Crippen molar-refractivity contribution in [1.29, 1.82) is 0 Å². The molecule has 2 heterocycles. The molecule has 0 bridgehead atoms. The number of aliphatic hydroxyl groups excluding tert-OH is 2. The topological polar surface area (TPSA) is 125 Å². The Morgan fingerprint density at radius 2 is 2.00 bits per heavy atom. The minimum Gasteiger partial charge on any atom is -0.395 e. The summed E-state index contributed by atoms with van der Waals surface area (Å²) in [6, 6.07) is 4.93. The van der Waals surface area contributed by atoms with Crippen LogP contribution in [0.2, 0.25) is 0 Å². The van der Waals surface area contributed by atoms with E-state index in [1.807, 2.05) is 4.90 Å². The molecule has 0 unspecified atom stereocenters. The minimum absolute atomic E-state index is 0.0176. The van der Waals surface area contributed by atoms with E-state index in [1.54, 1.807) is 23.0 Å².